The van der Waals surface area contributed by atoms with Crippen molar-refractivity contribution in [2.45, 2.75) is 25.6 Å². The summed E-state index contributed by atoms with van der Waals surface area (Å²) in [5, 5.41) is 1.89. The van der Waals surface area contributed by atoms with Gasteiger partial charge in [-0.25, -0.2) is 0 Å². The van der Waals surface area contributed by atoms with Crippen molar-refractivity contribution in [3.63, 3.8) is 0 Å². The second kappa shape index (κ2) is 8.32. The number of ether oxygens (including phenoxy) is 3. The third-order valence-electron chi connectivity index (χ3n) is 3.61. The van der Waals surface area contributed by atoms with Crippen molar-refractivity contribution < 1.29 is 23.8 Å². The van der Waals surface area contributed by atoms with Gasteiger partial charge in [-0.05, 0) is 54.8 Å². The van der Waals surface area contributed by atoms with E-state index in [0.29, 0.717) is 18.1 Å². The van der Waals surface area contributed by atoms with Crippen LogP contribution >= 0.6 is 11.8 Å². The van der Waals surface area contributed by atoms with Crippen LogP contribution in [0.25, 0.3) is 6.08 Å². The van der Waals surface area contributed by atoms with Crippen LogP contribution in [-0.2, 0) is 14.3 Å². The van der Waals surface area contributed by atoms with Gasteiger partial charge in [0.25, 0.3) is 11.1 Å². The molecular formula is C17H19NO5S. The molecule has 2 aliphatic rings. The van der Waals surface area contributed by atoms with Gasteiger partial charge in [-0.3, -0.25) is 14.9 Å². The van der Waals surface area contributed by atoms with Crippen LogP contribution in [0.4, 0.5) is 4.79 Å². The van der Waals surface area contributed by atoms with E-state index in [1.165, 1.54) is 0 Å². The van der Waals surface area contributed by atoms with Crippen LogP contribution < -0.4 is 10.1 Å². The van der Waals surface area contributed by atoms with Gasteiger partial charge in [0.2, 0.25) is 0 Å². The zero-order chi connectivity index (χ0) is 16.8. The van der Waals surface area contributed by atoms with E-state index < -0.39 is 0 Å². The lowest BCUT2D eigenvalue weighted by Gasteiger charge is -2.22. The largest absolute Gasteiger partial charge is 0.491 e. The highest BCUT2D eigenvalue weighted by molar-refractivity contribution is 8.18. The molecule has 6 nitrogen and oxygen atoms in total. The second-order valence-corrected chi connectivity index (χ2v) is 6.45. The van der Waals surface area contributed by atoms with Crippen molar-refractivity contribution in [3.8, 4) is 5.75 Å². The Morgan fingerprint density at radius 3 is 2.71 bits per heavy atom. The van der Waals surface area contributed by atoms with Gasteiger partial charge in [-0.1, -0.05) is 12.1 Å². The Labute approximate surface area is 144 Å². The molecule has 2 amide bonds. The van der Waals surface area contributed by atoms with Gasteiger partial charge in [-0.2, -0.15) is 0 Å². The molecule has 3 rings (SSSR count). The molecule has 2 fully saturated rings. The molecular weight excluding hydrogens is 330 g/mol. The molecule has 0 radical (unpaired) electrons. The molecule has 2 saturated heterocycles. The zero-order valence-corrected chi connectivity index (χ0v) is 14.0. The number of amides is 2. The van der Waals surface area contributed by atoms with Gasteiger partial charge in [0, 0.05) is 6.61 Å². The van der Waals surface area contributed by atoms with Crippen molar-refractivity contribution in [2.24, 2.45) is 0 Å². The van der Waals surface area contributed by atoms with Crippen LogP contribution in [0.3, 0.4) is 0 Å². The van der Waals surface area contributed by atoms with Crippen LogP contribution in [0, 0.1) is 0 Å². The highest BCUT2D eigenvalue weighted by Crippen LogP contribution is 2.26. The van der Waals surface area contributed by atoms with E-state index in [9.17, 15) is 9.59 Å². The summed E-state index contributed by atoms with van der Waals surface area (Å²) in [6.45, 7) is 1.70. The fraction of sp³-hybridized carbons (Fsp3) is 0.412. The van der Waals surface area contributed by atoms with E-state index in [4.69, 9.17) is 14.2 Å². The van der Waals surface area contributed by atoms with Gasteiger partial charge in [0.05, 0.1) is 11.5 Å². The Balaban J connectivity index is 1.44. The van der Waals surface area contributed by atoms with Crippen LogP contribution in [0.2, 0.25) is 0 Å². The lowest BCUT2D eigenvalue weighted by Crippen LogP contribution is -2.24. The fourth-order valence-corrected chi connectivity index (χ4v) is 3.10. The molecule has 1 N–H and O–H groups in total. The summed E-state index contributed by atoms with van der Waals surface area (Å²) in [6.07, 6.45) is 4.77. The maximum Gasteiger partial charge on any atom is 0.290 e. The average Bonchev–Trinajstić information content (AvgIpc) is 2.91. The molecule has 1 aromatic rings. The Morgan fingerprint density at radius 1 is 1.21 bits per heavy atom. The number of hydrogen-bond acceptors (Lipinski definition) is 6. The number of nitrogens with one attached hydrogen (secondary N) is 1. The fourth-order valence-electron chi connectivity index (χ4n) is 2.41. The van der Waals surface area contributed by atoms with E-state index >= 15 is 0 Å². The molecule has 0 aliphatic carbocycles. The summed E-state index contributed by atoms with van der Waals surface area (Å²) in [5.41, 5.74) is 0.835. The maximum absolute atomic E-state index is 11.5. The number of hydrogen-bond donors (Lipinski definition) is 1. The van der Waals surface area contributed by atoms with Gasteiger partial charge in [-0.15, -0.1) is 0 Å². The topological polar surface area (TPSA) is 73.9 Å². The monoisotopic (exact) mass is 349 g/mol. The Kier molecular flexibility index (Phi) is 5.90. The predicted molar refractivity (Wildman–Crippen MR) is 90.6 cm³/mol. The summed E-state index contributed by atoms with van der Waals surface area (Å²) in [7, 11) is 0. The summed E-state index contributed by atoms with van der Waals surface area (Å²) in [5.74, 6) is 0.373. The van der Waals surface area contributed by atoms with E-state index in [1.807, 2.05) is 24.3 Å². The zero-order valence-electron chi connectivity index (χ0n) is 13.2. The van der Waals surface area contributed by atoms with E-state index in [-0.39, 0.29) is 17.4 Å². The first-order chi connectivity index (χ1) is 11.7. The first-order valence-electron chi connectivity index (χ1n) is 7.92. The van der Waals surface area contributed by atoms with Gasteiger partial charge in [0.15, 0.2) is 6.29 Å². The third-order valence-corrected chi connectivity index (χ3v) is 4.42. The minimum Gasteiger partial charge on any atom is -0.491 e. The standard InChI is InChI=1S/C17H19NO5S/c19-16-14(24-17(20)18-16)11-12-4-6-13(7-5-12)21-9-10-23-15-3-1-2-8-22-15/h4-7,11,15H,1-3,8-10H2,(H,18,19,20). The van der Waals surface area contributed by atoms with Crippen molar-refractivity contribution in [3.05, 3.63) is 34.7 Å². The van der Waals surface area contributed by atoms with E-state index in [0.717, 1.165) is 48.9 Å². The number of benzene rings is 1. The minimum absolute atomic E-state index is 0.103. The minimum atomic E-state index is -0.354. The Hall–Kier alpha value is -1.83. The first-order valence-corrected chi connectivity index (χ1v) is 8.73. The maximum atomic E-state index is 11.5. The number of carbonyl (C=O) groups excluding carboxylic acids is 2. The Bertz CT molecular complexity index is 622. The van der Waals surface area contributed by atoms with Crippen molar-refractivity contribution in [1.82, 2.24) is 5.32 Å². The number of thioether (sulfide) groups is 1. The van der Waals surface area contributed by atoms with E-state index in [1.54, 1.807) is 6.08 Å². The summed E-state index contributed by atoms with van der Waals surface area (Å²) in [6, 6.07) is 7.32. The molecule has 0 saturated carbocycles. The molecule has 0 spiro atoms. The lowest BCUT2D eigenvalue weighted by molar-refractivity contribution is -0.165. The van der Waals surface area contributed by atoms with Crippen molar-refractivity contribution in [1.29, 1.82) is 0 Å². The smallest absolute Gasteiger partial charge is 0.290 e. The van der Waals surface area contributed by atoms with Crippen LogP contribution in [0.5, 0.6) is 5.75 Å². The second-order valence-electron chi connectivity index (χ2n) is 5.44. The molecule has 2 heterocycles. The summed E-state index contributed by atoms with van der Waals surface area (Å²) < 4.78 is 16.7. The molecule has 1 atom stereocenters. The SMILES string of the molecule is O=C1NC(=O)C(=Cc2ccc(OCCOC3CCCCO3)cc2)S1. The van der Waals surface area contributed by atoms with Crippen molar-refractivity contribution >= 4 is 29.0 Å². The molecule has 7 heteroatoms. The third kappa shape index (κ3) is 4.83. The predicted octanol–water partition coefficient (Wildman–Crippen LogP) is 2.93. The van der Waals surface area contributed by atoms with Gasteiger partial charge < -0.3 is 14.2 Å². The quantitative estimate of drug-likeness (QED) is 0.629. The molecule has 128 valence electrons. The van der Waals surface area contributed by atoms with Crippen LogP contribution in [-0.4, -0.2) is 37.3 Å². The Morgan fingerprint density at radius 2 is 2.04 bits per heavy atom. The normalized spacial score (nSPS) is 22.7. The summed E-state index contributed by atoms with van der Waals surface area (Å²) >= 11 is 0.905. The first kappa shape index (κ1) is 17.0. The number of carbonyl (C=O) groups is 2. The average molecular weight is 349 g/mol. The summed E-state index contributed by atoms with van der Waals surface area (Å²) in [4.78, 5) is 23.0. The number of rotatable bonds is 6. The molecule has 1 unspecified atom stereocenters. The number of imide groups is 1. The van der Waals surface area contributed by atoms with Gasteiger partial charge >= 0.3 is 0 Å². The molecule has 1 aromatic carbocycles. The van der Waals surface area contributed by atoms with Gasteiger partial charge in [0.1, 0.15) is 12.4 Å². The van der Waals surface area contributed by atoms with Crippen LogP contribution in [0.1, 0.15) is 24.8 Å². The highest BCUT2D eigenvalue weighted by atomic mass is 32.2. The van der Waals surface area contributed by atoms with Crippen LogP contribution in [0.15, 0.2) is 29.2 Å². The molecule has 0 aromatic heterocycles. The molecule has 0 bridgehead atoms. The lowest BCUT2D eigenvalue weighted by atomic mass is 10.2. The molecule has 24 heavy (non-hydrogen) atoms. The van der Waals surface area contributed by atoms with E-state index in [2.05, 4.69) is 5.32 Å². The van der Waals surface area contributed by atoms with Crippen molar-refractivity contribution in [2.75, 3.05) is 19.8 Å². The molecule has 2 aliphatic heterocycles. The highest BCUT2D eigenvalue weighted by Gasteiger charge is 2.24.